The summed E-state index contributed by atoms with van der Waals surface area (Å²) in [6.07, 6.45) is 10.6. The van der Waals surface area contributed by atoms with Gasteiger partial charge in [-0.05, 0) is 56.9 Å². The van der Waals surface area contributed by atoms with Gasteiger partial charge < -0.3 is 10.1 Å². The van der Waals surface area contributed by atoms with Gasteiger partial charge in [-0.15, -0.1) is 0 Å². The van der Waals surface area contributed by atoms with Gasteiger partial charge in [0.25, 0.3) is 0 Å². The molecule has 0 unspecified atom stereocenters. The third-order valence-corrected chi connectivity index (χ3v) is 4.64. The number of allylic oxidation sites excluding steroid dienone is 2. The maximum Gasteiger partial charge on any atom is 0.0726 e. The molecule has 5 atom stereocenters. The lowest BCUT2D eigenvalue weighted by Crippen LogP contribution is -2.40. The fourth-order valence-corrected chi connectivity index (χ4v) is 3.59. The van der Waals surface area contributed by atoms with Crippen molar-refractivity contribution in [2.24, 2.45) is 17.8 Å². The number of rotatable bonds is 4. The SMILES string of the molecule is C[C@H](NC[C@@H]1C[C@H]2C=C[C@H]1C2)[C@H]1CCCO1. The summed E-state index contributed by atoms with van der Waals surface area (Å²) >= 11 is 0. The molecule has 1 N–H and O–H groups in total. The molecule has 1 aliphatic heterocycles. The minimum Gasteiger partial charge on any atom is -0.377 e. The van der Waals surface area contributed by atoms with E-state index < -0.39 is 0 Å². The van der Waals surface area contributed by atoms with Gasteiger partial charge in [-0.1, -0.05) is 12.2 Å². The van der Waals surface area contributed by atoms with Crippen LogP contribution >= 0.6 is 0 Å². The summed E-state index contributed by atoms with van der Waals surface area (Å²) in [5.41, 5.74) is 0. The minimum absolute atomic E-state index is 0.467. The molecule has 90 valence electrons. The second kappa shape index (κ2) is 4.50. The Morgan fingerprint density at radius 2 is 2.31 bits per heavy atom. The Bertz CT molecular complexity index is 270. The predicted molar refractivity (Wildman–Crippen MR) is 65.3 cm³/mol. The van der Waals surface area contributed by atoms with Crippen LogP contribution in [0.3, 0.4) is 0 Å². The van der Waals surface area contributed by atoms with E-state index in [2.05, 4.69) is 24.4 Å². The average Bonchev–Trinajstić information content (AvgIpc) is 3.01. The van der Waals surface area contributed by atoms with E-state index in [1.165, 1.54) is 32.2 Å². The molecule has 1 saturated carbocycles. The molecular formula is C14H23NO. The summed E-state index contributed by atoms with van der Waals surface area (Å²) in [5.74, 6) is 2.66. The monoisotopic (exact) mass is 221 g/mol. The first-order valence-electron chi connectivity index (χ1n) is 6.86. The molecule has 2 bridgehead atoms. The highest BCUT2D eigenvalue weighted by Gasteiger charge is 2.35. The van der Waals surface area contributed by atoms with E-state index in [-0.39, 0.29) is 0 Å². The van der Waals surface area contributed by atoms with Gasteiger partial charge in [0, 0.05) is 12.6 Å². The van der Waals surface area contributed by atoms with Crippen LogP contribution in [-0.4, -0.2) is 25.3 Å². The molecule has 0 aromatic rings. The number of fused-ring (bicyclic) bond motifs is 2. The smallest absolute Gasteiger partial charge is 0.0726 e. The molecule has 2 fully saturated rings. The van der Waals surface area contributed by atoms with E-state index in [9.17, 15) is 0 Å². The Balaban J connectivity index is 1.44. The van der Waals surface area contributed by atoms with Crippen molar-refractivity contribution in [2.45, 2.75) is 44.8 Å². The van der Waals surface area contributed by atoms with Crippen LogP contribution < -0.4 is 5.32 Å². The van der Waals surface area contributed by atoms with Crippen molar-refractivity contribution in [1.82, 2.24) is 5.32 Å². The van der Waals surface area contributed by atoms with E-state index in [0.717, 1.165) is 24.4 Å². The van der Waals surface area contributed by atoms with Crippen LogP contribution in [0.5, 0.6) is 0 Å². The van der Waals surface area contributed by atoms with Gasteiger partial charge in [0.15, 0.2) is 0 Å². The summed E-state index contributed by atoms with van der Waals surface area (Å²) in [5, 5.41) is 3.69. The topological polar surface area (TPSA) is 21.3 Å². The molecule has 1 heterocycles. The van der Waals surface area contributed by atoms with Crippen LogP contribution in [0, 0.1) is 17.8 Å². The highest BCUT2D eigenvalue weighted by Crippen LogP contribution is 2.43. The van der Waals surface area contributed by atoms with Crippen LogP contribution in [0.4, 0.5) is 0 Å². The Labute approximate surface area is 98.4 Å². The van der Waals surface area contributed by atoms with Gasteiger partial charge in [0.1, 0.15) is 0 Å². The van der Waals surface area contributed by atoms with Gasteiger partial charge in [0.2, 0.25) is 0 Å². The fraction of sp³-hybridized carbons (Fsp3) is 0.857. The van der Waals surface area contributed by atoms with Crippen LogP contribution in [-0.2, 0) is 4.74 Å². The van der Waals surface area contributed by atoms with Crippen molar-refractivity contribution in [3.8, 4) is 0 Å². The van der Waals surface area contributed by atoms with Crippen molar-refractivity contribution in [3.63, 3.8) is 0 Å². The molecule has 3 aliphatic rings. The van der Waals surface area contributed by atoms with Crippen LogP contribution in [0.25, 0.3) is 0 Å². The van der Waals surface area contributed by atoms with Crippen LogP contribution in [0.15, 0.2) is 12.2 Å². The number of nitrogens with one attached hydrogen (secondary N) is 1. The minimum atomic E-state index is 0.467. The van der Waals surface area contributed by atoms with E-state index in [0.29, 0.717) is 12.1 Å². The standard InChI is InChI=1S/C14H23NO/c1-10(14-3-2-6-16-14)15-9-13-8-11-4-5-12(13)7-11/h4-5,10-15H,2-3,6-9H2,1H3/t10-,11-,12-,13-,14+/m0/s1. The normalized spacial score (nSPS) is 43.1. The van der Waals surface area contributed by atoms with Gasteiger partial charge >= 0.3 is 0 Å². The van der Waals surface area contributed by atoms with Crippen molar-refractivity contribution in [2.75, 3.05) is 13.2 Å². The molecule has 0 spiro atoms. The quantitative estimate of drug-likeness (QED) is 0.736. The lowest BCUT2D eigenvalue weighted by atomic mass is 9.93. The molecule has 0 aromatic carbocycles. The summed E-state index contributed by atoms with van der Waals surface area (Å²) < 4.78 is 5.72. The Hall–Kier alpha value is -0.340. The molecule has 2 aliphatic carbocycles. The van der Waals surface area contributed by atoms with Gasteiger partial charge in [-0.3, -0.25) is 0 Å². The van der Waals surface area contributed by atoms with Gasteiger partial charge in [-0.25, -0.2) is 0 Å². The molecule has 0 amide bonds. The van der Waals surface area contributed by atoms with Gasteiger partial charge in [-0.2, -0.15) is 0 Å². The lowest BCUT2D eigenvalue weighted by molar-refractivity contribution is 0.0818. The summed E-state index contributed by atoms with van der Waals surface area (Å²) in [7, 11) is 0. The number of hydrogen-bond donors (Lipinski definition) is 1. The average molecular weight is 221 g/mol. The maximum atomic E-state index is 5.72. The fourth-order valence-electron chi connectivity index (χ4n) is 3.59. The highest BCUT2D eigenvalue weighted by atomic mass is 16.5. The molecule has 3 rings (SSSR count). The van der Waals surface area contributed by atoms with Crippen LogP contribution in [0.2, 0.25) is 0 Å². The second-order valence-electron chi connectivity index (χ2n) is 5.79. The van der Waals surface area contributed by atoms with E-state index in [1.807, 2.05) is 0 Å². The first-order valence-corrected chi connectivity index (χ1v) is 6.86. The summed E-state index contributed by atoms with van der Waals surface area (Å²) in [6, 6.07) is 0.533. The zero-order valence-corrected chi connectivity index (χ0v) is 10.2. The largest absolute Gasteiger partial charge is 0.377 e. The molecule has 1 saturated heterocycles. The Morgan fingerprint density at radius 1 is 1.38 bits per heavy atom. The van der Waals surface area contributed by atoms with Crippen molar-refractivity contribution < 1.29 is 4.74 Å². The predicted octanol–water partition coefficient (Wildman–Crippen LogP) is 2.36. The lowest BCUT2D eigenvalue weighted by Gasteiger charge is -2.24. The number of ether oxygens (including phenoxy) is 1. The van der Waals surface area contributed by atoms with E-state index >= 15 is 0 Å². The number of hydrogen-bond acceptors (Lipinski definition) is 2. The third kappa shape index (κ3) is 2.05. The highest BCUT2D eigenvalue weighted by molar-refractivity contribution is 5.10. The molecule has 2 nitrogen and oxygen atoms in total. The zero-order valence-electron chi connectivity index (χ0n) is 10.2. The first-order chi connectivity index (χ1) is 7.83. The second-order valence-corrected chi connectivity index (χ2v) is 5.79. The molecule has 2 heteroatoms. The molecular weight excluding hydrogens is 198 g/mol. The van der Waals surface area contributed by atoms with Gasteiger partial charge in [0.05, 0.1) is 6.10 Å². The first kappa shape index (κ1) is 10.8. The molecule has 0 aromatic heterocycles. The Morgan fingerprint density at radius 3 is 2.94 bits per heavy atom. The summed E-state index contributed by atoms with van der Waals surface area (Å²) in [4.78, 5) is 0. The van der Waals surface area contributed by atoms with Crippen molar-refractivity contribution >= 4 is 0 Å². The molecule has 16 heavy (non-hydrogen) atoms. The van der Waals surface area contributed by atoms with Crippen LogP contribution in [0.1, 0.15) is 32.6 Å². The van der Waals surface area contributed by atoms with E-state index in [4.69, 9.17) is 4.74 Å². The zero-order chi connectivity index (χ0) is 11.0. The third-order valence-electron chi connectivity index (χ3n) is 4.64. The van der Waals surface area contributed by atoms with Crippen molar-refractivity contribution in [3.05, 3.63) is 12.2 Å². The maximum absolute atomic E-state index is 5.72. The van der Waals surface area contributed by atoms with E-state index in [1.54, 1.807) is 0 Å². The Kier molecular flexibility index (Phi) is 3.03. The molecule has 0 radical (unpaired) electrons. The van der Waals surface area contributed by atoms with Crippen molar-refractivity contribution in [1.29, 1.82) is 0 Å². The summed E-state index contributed by atoms with van der Waals surface area (Å²) in [6.45, 7) is 4.43.